The SMILES string of the molecule is CC(=O)NS(=O)(=O)c1ccc(N=Cc2ccc(Cl)cc2Cl)cc1. The quantitative estimate of drug-likeness (QED) is 0.835. The first-order valence-corrected chi connectivity index (χ1v) is 8.64. The van der Waals surface area contributed by atoms with Gasteiger partial charge in [0.05, 0.1) is 15.6 Å². The third-order valence-electron chi connectivity index (χ3n) is 2.74. The van der Waals surface area contributed by atoms with Crippen molar-refractivity contribution in [1.82, 2.24) is 4.72 Å². The summed E-state index contributed by atoms with van der Waals surface area (Å²) >= 11 is 11.8. The van der Waals surface area contributed by atoms with Crippen LogP contribution in [0.2, 0.25) is 10.0 Å². The van der Waals surface area contributed by atoms with Gasteiger partial charge in [-0.3, -0.25) is 9.79 Å². The van der Waals surface area contributed by atoms with Crippen molar-refractivity contribution in [3.63, 3.8) is 0 Å². The minimum absolute atomic E-state index is 0.0174. The summed E-state index contributed by atoms with van der Waals surface area (Å²) in [5, 5.41) is 0.991. The van der Waals surface area contributed by atoms with Crippen molar-refractivity contribution in [2.75, 3.05) is 0 Å². The molecule has 2 aromatic rings. The smallest absolute Gasteiger partial charge is 0.264 e. The van der Waals surface area contributed by atoms with E-state index in [-0.39, 0.29) is 4.90 Å². The van der Waals surface area contributed by atoms with Crippen molar-refractivity contribution >= 4 is 51.0 Å². The van der Waals surface area contributed by atoms with Gasteiger partial charge in [0.25, 0.3) is 10.0 Å². The van der Waals surface area contributed by atoms with E-state index in [0.717, 1.165) is 6.92 Å². The molecule has 8 heteroatoms. The Morgan fingerprint density at radius 1 is 1.13 bits per heavy atom. The van der Waals surface area contributed by atoms with E-state index in [1.54, 1.807) is 24.4 Å². The van der Waals surface area contributed by atoms with Crippen LogP contribution in [0.5, 0.6) is 0 Å². The Morgan fingerprint density at radius 2 is 1.78 bits per heavy atom. The monoisotopic (exact) mass is 370 g/mol. The maximum Gasteiger partial charge on any atom is 0.264 e. The largest absolute Gasteiger partial charge is 0.274 e. The van der Waals surface area contributed by atoms with E-state index < -0.39 is 15.9 Å². The summed E-state index contributed by atoms with van der Waals surface area (Å²) in [5.41, 5.74) is 1.23. The van der Waals surface area contributed by atoms with Crippen LogP contribution in [-0.2, 0) is 14.8 Å². The van der Waals surface area contributed by atoms with Gasteiger partial charge >= 0.3 is 0 Å². The second-order valence-corrected chi connectivity index (χ2v) is 7.11. The maximum atomic E-state index is 11.8. The average Bonchev–Trinajstić information content (AvgIpc) is 2.45. The minimum atomic E-state index is -3.84. The highest BCUT2D eigenvalue weighted by molar-refractivity contribution is 7.90. The van der Waals surface area contributed by atoms with Crippen molar-refractivity contribution in [2.24, 2.45) is 4.99 Å². The number of halogens is 2. The zero-order valence-electron chi connectivity index (χ0n) is 12.0. The summed E-state index contributed by atoms with van der Waals surface area (Å²) in [7, 11) is -3.84. The summed E-state index contributed by atoms with van der Waals surface area (Å²) in [6.07, 6.45) is 1.55. The van der Waals surface area contributed by atoms with Gasteiger partial charge in [0.1, 0.15) is 0 Å². The number of hydrogen-bond acceptors (Lipinski definition) is 4. The first kappa shape index (κ1) is 17.5. The summed E-state index contributed by atoms with van der Waals surface area (Å²) in [6, 6.07) is 10.8. The third kappa shape index (κ3) is 4.79. The lowest BCUT2D eigenvalue weighted by Crippen LogP contribution is -2.28. The standard InChI is InChI=1S/C15H12Cl2N2O3S/c1-10(20)19-23(21,22)14-6-4-13(5-7-14)18-9-11-2-3-12(16)8-15(11)17/h2-9H,1H3,(H,19,20). The molecule has 0 radical (unpaired) electrons. The van der Waals surface area contributed by atoms with Gasteiger partial charge in [-0.2, -0.15) is 0 Å². The number of carbonyl (C=O) groups is 1. The third-order valence-corrected chi connectivity index (χ3v) is 4.75. The highest BCUT2D eigenvalue weighted by atomic mass is 35.5. The Balaban J connectivity index is 2.20. The lowest BCUT2D eigenvalue weighted by Gasteiger charge is -2.04. The van der Waals surface area contributed by atoms with E-state index in [1.807, 2.05) is 4.72 Å². The van der Waals surface area contributed by atoms with Crippen LogP contribution in [0.3, 0.4) is 0 Å². The molecular formula is C15H12Cl2N2O3S. The number of nitrogens with one attached hydrogen (secondary N) is 1. The topological polar surface area (TPSA) is 75.6 Å². The molecule has 0 atom stereocenters. The van der Waals surface area contributed by atoms with E-state index in [1.165, 1.54) is 24.3 Å². The number of aliphatic imine (C=N–C) groups is 1. The number of rotatable bonds is 4. The number of carbonyl (C=O) groups excluding carboxylic acids is 1. The molecule has 2 rings (SSSR count). The van der Waals surface area contributed by atoms with Crippen LogP contribution >= 0.6 is 23.2 Å². The second kappa shape index (κ2) is 7.12. The van der Waals surface area contributed by atoms with Crippen LogP contribution < -0.4 is 4.72 Å². The van der Waals surface area contributed by atoms with Crippen LogP contribution in [0.15, 0.2) is 52.4 Å². The molecule has 0 aliphatic rings. The predicted octanol–water partition coefficient (Wildman–Crippen LogP) is 3.57. The molecule has 2 aromatic carbocycles. The van der Waals surface area contributed by atoms with E-state index in [0.29, 0.717) is 21.3 Å². The molecule has 0 bridgehead atoms. The zero-order chi connectivity index (χ0) is 17.0. The molecule has 0 aliphatic heterocycles. The Bertz CT molecular complexity index is 863. The van der Waals surface area contributed by atoms with E-state index in [2.05, 4.69) is 4.99 Å². The van der Waals surface area contributed by atoms with Crippen molar-refractivity contribution in [2.45, 2.75) is 11.8 Å². The van der Waals surface area contributed by atoms with Crippen molar-refractivity contribution < 1.29 is 13.2 Å². The fraction of sp³-hybridized carbons (Fsp3) is 0.0667. The van der Waals surface area contributed by atoms with Crippen LogP contribution in [0.4, 0.5) is 5.69 Å². The van der Waals surface area contributed by atoms with E-state index in [4.69, 9.17) is 23.2 Å². The Labute approximate surface area is 144 Å². The molecule has 0 aliphatic carbocycles. The lowest BCUT2D eigenvalue weighted by atomic mass is 10.2. The van der Waals surface area contributed by atoms with E-state index >= 15 is 0 Å². The molecular weight excluding hydrogens is 359 g/mol. The highest BCUT2D eigenvalue weighted by Gasteiger charge is 2.14. The van der Waals surface area contributed by atoms with Crippen LogP contribution in [0, 0.1) is 0 Å². The lowest BCUT2D eigenvalue weighted by molar-refractivity contribution is -0.117. The number of sulfonamides is 1. The molecule has 1 N–H and O–H groups in total. The number of nitrogens with zero attached hydrogens (tertiary/aromatic N) is 1. The fourth-order valence-corrected chi connectivity index (χ4v) is 3.16. The van der Waals surface area contributed by atoms with E-state index in [9.17, 15) is 13.2 Å². The number of hydrogen-bond donors (Lipinski definition) is 1. The first-order chi connectivity index (χ1) is 10.8. The van der Waals surface area contributed by atoms with Crippen LogP contribution in [-0.4, -0.2) is 20.5 Å². The van der Waals surface area contributed by atoms with Crippen molar-refractivity contribution in [1.29, 1.82) is 0 Å². The molecule has 1 amide bonds. The molecule has 0 saturated heterocycles. The van der Waals surface area contributed by atoms with Crippen LogP contribution in [0.1, 0.15) is 12.5 Å². The summed E-state index contributed by atoms with van der Waals surface area (Å²) in [4.78, 5) is 15.1. The van der Waals surface area contributed by atoms with Gasteiger partial charge in [0.15, 0.2) is 0 Å². The first-order valence-electron chi connectivity index (χ1n) is 6.40. The molecule has 0 heterocycles. The number of amides is 1. The summed E-state index contributed by atoms with van der Waals surface area (Å²) < 4.78 is 25.5. The van der Waals surface area contributed by atoms with Crippen molar-refractivity contribution in [3.05, 3.63) is 58.1 Å². The molecule has 0 aromatic heterocycles. The summed E-state index contributed by atoms with van der Waals surface area (Å²) in [5.74, 6) is -0.649. The van der Waals surface area contributed by atoms with Gasteiger partial charge in [-0.1, -0.05) is 29.3 Å². The minimum Gasteiger partial charge on any atom is -0.274 e. The predicted molar refractivity (Wildman–Crippen MR) is 91.2 cm³/mol. The molecule has 120 valence electrons. The molecule has 23 heavy (non-hydrogen) atoms. The fourth-order valence-electron chi connectivity index (χ4n) is 1.71. The Hall–Kier alpha value is -1.89. The summed E-state index contributed by atoms with van der Waals surface area (Å²) in [6.45, 7) is 1.13. The number of benzene rings is 2. The second-order valence-electron chi connectivity index (χ2n) is 4.58. The van der Waals surface area contributed by atoms with Gasteiger partial charge < -0.3 is 0 Å². The molecule has 0 unspecified atom stereocenters. The van der Waals surface area contributed by atoms with Gasteiger partial charge in [0, 0.05) is 23.7 Å². The Morgan fingerprint density at radius 3 is 2.35 bits per heavy atom. The molecule has 0 spiro atoms. The van der Waals surface area contributed by atoms with Crippen LogP contribution in [0.25, 0.3) is 0 Å². The average molecular weight is 371 g/mol. The Kier molecular flexibility index (Phi) is 5.41. The normalized spacial score (nSPS) is 11.6. The van der Waals surface area contributed by atoms with Gasteiger partial charge in [-0.15, -0.1) is 0 Å². The maximum absolute atomic E-state index is 11.8. The van der Waals surface area contributed by atoms with Gasteiger partial charge in [-0.05, 0) is 36.4 Å². The van der Waals surface area contributed by atoms with Crippen molar-refractivity contribution in [3.8, 4) is 0 Å². The zero-order valence-corrected chi connectivity index (χ0v) is 14.3. The molecule has 5 nitrogen and oxygen atoms in total. The molecule has 0 fully saturated rings. The highest BCUT2D eigenvalue weighted by Crippen LogP contribution is 2.21. The van der Waals surface area contributed by atoms with Gasteiger partial charge in [-0.25, -0.2) is 13.1 Å². The van der Waals surface area contributed by atoms with Gasteiger partial charge in [0.2, 0.25) is 5.91 Å². The molecule has 0 saturated carbocycles.